The summed E-state index contributed by atoms with van der Waals surface area (Å²) in [5, 5.41) is 5.60. The first kappa shape index (κ1) is 30.0. The summed E-state index contributed by atoms with van der Waals surface area (Å²) in [6.45, 7) is 0.00944. The molecule has 1 saturated heterocycles. The molecule has 11 nitrogen and oxygen atoms in total. The molecule has 3 heterocycles. The van der Waals surface area contributed by atoms with E-state index in [1.165, 1.54) is 38.7 Å². The number of alkyl halides is 1. The van der Waals surface area contributed by atoms with E-state index >= 15 is 0 Å². The predicted octanol–water partition coefficient (Wildman–Crippen LogP) is 3.33. The Bertz CT molecular complexity index is 1430. The summed E-state index contributed by atoms with van der Waals surface area (Å²) in [6, 6.07) is 7.69. The van der Waals surface area contributed by atoms with Crippen molar-refractivity contribution in [2.24, 2.45) is 0 Å². The summed E-state index contributed by atoms with van der Waals surface area (Å²) in [5.41, 5.74) is 0.601. The van der Waals surface area contributed by atoms with Crippen LogP contribution in [0.3, 0.4) is 0 Å². The van der Waals surface area contributed by atoms with Gasteiger partial charge in [0.05, 0.1) is 50.8 Å². The number of nitrogens with zero attached hydrogens (tertiary/aromatic N) is 1. The van der Waals surface area contributed by atoms with Crippen LogP contribution in [0.15, 0.2) is 47.5 Å². The highest BCUT2D eigenvalue weighted by Crippen LogP contribution is 2.42. The smallest absolute Gasteiger partial charge is 0.269 e. The minimum atomic E-state index is -1.08. The number of nitrogens with one attached hydrogen (secondary N) is 3. The molecular formula is C28H30ClFN4O7. The van der Waals surface area contributed by atoms with Gasteiger partial charge in [0.25, 0.3) is 11.5 Å². The normalized spacial score (nSPS) is 15.6. The lowest BCUT2D eigenvalue weighted by molar-refractivity contribution is -0.121. The SMILES string of the molecule is CNC(=O)c1ccc(NC(=O)C(CC2COCCO2)c2c(-c3cc(Cl)ccc3OCCF)c(OC)c[nH]c2=O)cn1. The Hall–Kier alpha value is -4.00. The molecule has 2 aromatic heterocycles. The molecule has 0 radical (unpaired) electrons. The van der Waals surface area contributed by atoms with Gasteiger partial charge in [-0.2, -0.15) is 0 Å². The molecule has 4 rings (SSSR count). The second kappa shape index (κ2) is 14.1. The number of pyridine rings is 2. The van der Waals surface area contributed by atoms with Gasteiger partial charge in [-0.1, -0.05) is 11.6 Å². The Kier molecular flexibility index (Phi) is 10.3. The van der Waals surface area contributed by atoms with E-state index in [1.54, 1.807) is 18.2 Å². The van der Waals surface area contributed by atoms with E-state index in [-0.39, 0.29) is 53.9 Å². The van der Waals surface area contributed by atoms with Crippen molar-refractivity contribution in [3.05, 3.63) is 69.4 Å². The first-order chi connectivity index (χ1) is 19.9. The maximum atomic E-state index is 13.9. The van der Waals surface area contributed by atoms with Crippen molar-refractivity contribution in [1.29, 1.82) is 0 Å². The summed E-state index contributed by atoms with van der Waals surface area (Å²) in [6.07, 6.45) is 2.31. The maximum Gasteiger partial charge on any atom is 0.269 e. The van der Waals surface area contributed by atoms with Gasteiger partial charge in [-0.15, -0.1) is 0 Å². The molecule has 2 atom stereocenters. The fraction of sp³-hybridized carbons (Fsp3) is 0.357. The van der Waals surface area contributed by atoms with E-state index in [1.807, 2.05) is 0 Å². The van der Waals surface area contributed by atoms with Crippen molar-refractivity contribution in [3.63, 3.8) is 0 Å². The number of rotatable bonds is 11. The van der Waals surface area contributed by atoms with Crippen molar-refractivity contribution in [2.45, 2.75) is 18.4 Å². The molecule has 41 heavy (non-hydrogen) atoms. The monoisotopic (exact) mass is 588 g/mol. The molecule has 2 unspecified atom stereocenters. The lowest BCUT2D eigenvalue weighted by Crippen LogP contribution is -2.35. The lowest BCUT2D eigenvalue weighted by Gasteiger charge is -2.28. The Balaban J connectivity index is 1.83. The Morgan fingerprint density at radius 3 is 2.73 bits per heavy atom. The van der Waals surface area contributed by atoms with Crippen molar-refractivity contribution in [2.75, 3.05) is 52.6 Å². The summed E-state index contributed by atoms with van der Waals surface area (Å²) in [7, 11) is 2.90. The van der Waals surface area contributed by atoms with E-state index in [0.29, 0.717) is 29.5 Å². The number of hydrogen-bond acceptors (Lipinski definition) is 8. The Morgan fingerprint density at radius 1 is 1.24 bits per heavy atom. The maximum absolute atomic E-state index is 13.9. The summed E-state index contributed by atoms with van der Waals surface area (Å²) < 4.78 is 35.6. The number of halogens is 2. The summed E-state index contributed by atoms with van der Waals surface area (Å²) in [4.78, 5) is 46.0. The topological polar surface area (TPSA) is 141 Å². The van der Waals surface area contributed by atoms with Crippen LogP contribution in [0.4, 0.5) is 10.1 Å². The van der Waals surface area contributed by atoms with Gasteiger partial charge in [0.2, 0.25) is 5.91 Å². The first-order valence-electron chi connectivity index (χ1n) is 12.8. The third kappa shape index (κ3) is 7.20. The van der Waals surface area contributed by atoms with Crippen LogP contribution in [0, 0.1) is 0 Å². The van der Waals surface area contributed by atoms with Gasteiger partial charge in [-0.05, 0) is 36.8 Å². The van der Waals surface area contributed by atoms with Crippen molar-refractivity contribution >= 4 is 29.1 Å². The molecule has 0 spiro atoms. The molecule has 3 N–H and O–H groups in total. The number of carbonyl (C=O) groups excluding carboxylic acids is 2. The zero-order valence-electron chi connectivity index (χ0n) is 22.5. The van der Waals surface area contributed by atoms with Crippen LogP contribution in [0.1, 0.15) is 28.4 Å². The first-order valence-corrected chi connectivity index (χ1v) is 13.2. The Labute approximate surface area is 240 Å². The van der Waals surface area contributed by atoms with Crippen LogP contribution in [0.2, 0.25) is 5.02 Å². The average Bonchev–Trinajstić information content (AvgIpc) is 2.99. The third-order valence-electron chi connectivity index (χ3n) is 6.40. The zero-order chi connectivity index (χ0) is 29.4. The Morgan fingerprint density at radius 2 is 2.07 bits per heavy atom. The van der Waals surface area contributed by atoms with Gasteiger partial charge >= 0.3 is 0 Å². The van der Waals surface area contributed by atoms with Crippen molar-refractivity contribution in [1.82, 2.24) is 15.3 Å². The molecule has 1 aliphatic rings. The molecule has 13 heteroatoms. The second-order valence-corrected chi connectivity index (χ2v) is 9.45. The van der Waals surface area contributed by atoms with Gasteiger partial charge < -0.3 is 34.6 Å². The molecule has 1 aromatic carbocycles. The number of anilines is 1. The number of aromatic nitrogens is 2. The number of hydrogen-bond donors (Lipinski definition) is 3. The highest BCUT2D eigenvalue weighted by molar-refractivity contribution is 6.31. The molecule has 3 aromatic rings. The number of benzene rings is 1. The third-order valence-corrected chi connectivity index (χ3v) is 6.63. The zero-order valence-corrected chi connectivity index (χ0v) is 23.3. The highest BCUT2D eigenvalue weighted by atomic mass is 35.5. The van der Waals surface area contributed by atoms with E-state index < -0.39 is 30.2 Å². The molecular weight excluding hydrogens is 559 g/mol. The largest absolute Gasteiger partial charge is 0.495 e. The van der Waals surface area contributed by atoms with Crippen LogP contribution >= 0.6 is 11.6 Å². The number of aromatic amines is 1. The molecule has 1 fully saturated rings. The number of ether oxygens (including phenoxy) is 4. The van der Waals surface area contributed by atoms with Crippen molar-refractivity contribution < 1.29 is 32.9 Å². The predicted molar refractivity (Wildman–Crippen MR) is 150 cm³/mol. The van der Waals surface area contributed by atoms with Gasteiger partial charge in [-0.25, -0.2) is 9.37 Å². The average molecular weight is 589 g/mol. The van der Waals surface area contributed by atoms with Gasteiger partial charge in [0.1, 0.15) is 30.5 Å². The van der Waals surface area contributed by atoms with Crippen LogP contribution < -0.4 is 25.7 Å². The fourth-order valence-electron chi connectivity index (χ4n) is 4.52. The molecule has 0 bridgehead atoms. The molecule has 0 saturated carbocycles. The van der Waals surface area contributed by atoms with Crippen LogP contribution in [-0.4, -0.2) is 75.1 Å². The molecule has 218 valence electrons. The highest BCUT2D eigenvalue weighted by Gasteiger charge is 2.33. The van der Waals surface area contributed by atoms with E-state index in [9.17, 15) is 18.8 Å². The summed E-state index contributed by atoms with van der Waals surface area (Å²) >= 11 is 6.33. The molecule has 1 aliphatic heterocycles. The van der Waals surface area contributed by atoms with E-state index in [2.05, 4.69) is 20.6 Å². The molecule has 2 amide bonds. The minimum Gasteiger partial charge on any atom is -0.495 e. The quantitative estimate of drug-likeness (QED) is 0.310. The lowest BCUT2D eigenvalue weighted by atomic mass is 9.86. The van der Waals surface area contributed by atoms with Crippen molar-refractivity contribution in [3.8, 4) is 22.6 Å². The number of H-pyrrole nitrogens is 1. The standard InChI is InChI=1S/C28H30ClFN4O7/c1-31-27(36)21-5-4-17(13-32-21)34-26(35)20(12-18-15-39-9-10-40-18)25-24(23(38-2)14-33-28(25)37)19-11-16(29)3-6-22(19)41-8-7-30/h3-6,11,13-14,18,20H,7-10,12,15H2,1-2H3,(H,31,36)(H,33,37)(H,34,35). The number of amides is 2. The molecule has 0 aliphatic carbocycles. The van der Waals surface area contributed by atoms with Gasteiger partial charge in [-0.3, -0.25) is 14.4 Å². The number of carbonyl (C=O) groups is 2. The van der Waals surface area contributed by atoms with E-state index in [4.69, 9.17) is 30.5 Å². The summed E-state index contributed by atoms with van der Waals surface area (Å²) in [5.74, 6) is -1.51. The van der Waals surface area contributed by atoms with Gasteiger partial charge in [0.15, 0.2) is 0 Å². The van der Waals surface area contributed by atoms with Crippen LogP contribution in [-0.2, 0) is 14.3 Å². The van der Waals surface area contributed by atoms with E-state index in [0.717, 1.165) is 0 Å². The minimum absolute atomic E-state index is 0.0679. The number of methoxy groups -OCH3 is 1. The van der Waals surface area contributed by atoms with Crippen LogP contribution in [0.25, 0.3) is 11.1 Å². The van der Waals surface area contributed by atoms with Gasteiger partial charge in [0, 0.05) is 35.0 Å². The second-order valence-electron chi connectivity index (χ2n) is 9.01. The fourth-order valence-corrected chi connectivity index (χ4v) is 4.69. The van der Waals surface area contributed by atoms with Crippen LogP contribution in [0.5, 0.6) is 11.5 Å².